The molecule has 4 aliphatic rings. The third kappa shape index (κ3) is 8.66. The van der Waals surface area contributed by atoms with Crippen LogP contribution in [0, 0.1) is 17.8 Å². The van der Waals surface area contributed by atoms with Crippen LogP contribution >= 0.6 is 10.7 Å². The van der Waals surface area contributed by atoms with Gasteiger partial charge in [0.1, 0.15) is 22.8 Å². The number of rotatable bonds is 8. The fourth-order valence-corrected chi connectivity index (χ4v) is 10.0. The maximum absolute atomic E-state index is 12.0. The average Bonchev–Trinajstić information content (AvgIpc) is 3.70. The van der Waals surface area contributed by atoms with E-state index in [-0.39, 0.29) is 35.1 Å². The fraction of sp³-hybridized carbons (Fsp3) is 0.455. The minimum absolute atomic E-state index is 0.0779. The Balaban J connectivity index is 0.000000152. The highest BCUT2D eigenvalue weighted by Crippen LogP contribution is 2.49. The van der Waals surface area contributed by atoms with E-state index in [9.17, 15) is 26.9 Å². The van der Waals surface area contributed by atoms with Gasteiger partial charge in [0, 0.05) is 56.8 Å². The van der Waals surface area contributed by atoms with Crippen molar-refractivity contribution in [2.75, 3.05) is 17.3 Å². The molecule has 0 atom stereocenters. The van der Waals surface area contributed by atoms with Crippen LogP contribution in [0.25, 0.3) is 33.2 Å². The minimum atomic E-state index is -3.20. The van der Waals surface area contributed by atoms with Gasteiger partial charge in [0.05, 0.1) is 23.9 Å². The maximum atomic E-state index is 12.0. The van der Waals surface area contributed by atoms with Crippen LogP contribution in [0.1, 0.15) is 63.5 Å². The van der Waals surface area contributed by atoms with Crippen LogP contribution in [0.4, 0.5) is 0 Å². The maximum Gasteiger partial charge on any atom is 0.552 e. The molecule has 51 heavy (non-hydrogen) atoms. The van der Waals surface area contributed by atoms with E-state index in [0.717, 1.165) is 70.0 Å². The Hall–Kier alpha value is -3.34. The molecule has 6 N–H and O–H groups in total. The molecule has 0 amide bonds. The van der Waals surface area contributed by atoms with Crippen molar-refractivity contribution in [3.8, 4) is 11.5 Å². The van der Waals surface area contributed by atoms with E-state index in [1.165, 1.54) is 0 Å². The summed E-state index contributed by atoms with van der Waals surface area (Å²) in [5.41, 5.74) is 11.7. The van der Waals surface area contributed by atoms with Crippen molar-refractivity contribution in [1.29, 1.82) is 0 Å². The van der Waals surface area contributed by atoms with Crippen LogP contribution in [-0.4, -0.2) is 84.4 Å². The molecule has 6 heterocycles. The number of pyridine rings is 2. The van der Waals surface area contributed by atoms with E-state index in [1.807, 2.05) is 31.5 Å². The number of H-pyrrole nitrogens is 2. The average molecular weight is 758 g/mol. The van der Waals surface area contributed by atoms with Crippen LogP contribution < -0.4 is 15.0 Å². The van der Waals surface area contributed by atoms with Crippen LogP contribution in [-0.2, 0) is 18.9 Å². The predicted octanol–water partition coefficient (Wildman–Crippen LogP) is 4.27. The Kier molecular flexibility index (Phi) is 11.2. The van der Waals surface area contributed by atoms with Crippen LogP contribution in [0.2, 0.25) is 0 Å². The quantitative estimate of drug-likeness (QED) is 0.127. The smallest absolute Gasteiger partial charge is 0.531 e. The Bertz CT molecular complexity index is 2160. The van der Waals surface area contributed by atoms with Crippen molar-refractivity contribution in [2.45, 2.75) is 58.4 Å². The van der Waals surface area contributed by atoms with Gasteiger partial charge in [-0.05, 0) is 91.5 Å². The molecule has 0 saturated heterocycles. The molecule has 0 aromatic carbocycles. The third-order valence-electron chi connectivity index (χ3n) is 9.56. The minimum Gasteiger partial charge on any atom is -0.531 e. The molecule has 18 heteroatoms. The lowest BCUT2D eigenvalue weighted by molar-refractivity contribution is 0.273. The molecule has 4 aromatic rings. The fourth-order valence-electron chi connectivity index (χ4n) is 7.27. The van der Waals surface area contributed by atoms with Gasteiger partial charge in [-0.15, -0.1) is 0 Å². The number of sulfone groups is 1. The first-order chi connectivity index (χ1) is 24.2. The van der Waals surface area contributed by atoms with Gasteiger partial charge in [0.2, 0.25) is 9.05 Å². The summed E-state index contributed by atoms with van der Waals surface area (Å²) < 4.78 is 55.0. The Morgan fingerprint density at radius 1 is 0.824 bits per heavy atom. The summed E-state index contributed by atoms with van der Waals surface area (Å²) in [6.07, 6.45) is 11.8. The van der Waals surface area contributed by atoms with Gasteiger partial charge in [-0.25, -0.2) is 26.8 Å². The number of allylic oxidation sites excluding steroid dienone is 2. The molecule has 13 nitrogen and oxygen atoms in total. The molecule has 8 rings (SSSR count). The standard InChI is InChI=1S/C17H21BN2O4S.C13H14BN3O2.C3H7ClO2S/c1-2-5-25(22,23)10-11-6-12(7-11)14-8-18(21)24-15-9-20-17-13(16(14)15)3-4-19-17;15-8-3-7(4-8)10-5-14(18)19-11-6-17-13-9(12(10)11)1-2-16-13;1-2-3-7(4,5)6/h3-4,8-9,11-12,21H,2,5-7,10H2,1H3,(H,19,20);1-2,5-8,18H,3-4,15H2,(H,16,17);2-3H2,1H3. The number of nitrogens with zero attached hydrogens (tertiary/aromatic N) is 2. The first-order valence-electron chi connectivity index (χ1n) is 17.2. The number of aromatic nitrogens is 4. The number of nitrogens with two attached hydrogens (primary N) is 1. The summed E-state index contributed by atoms with van der Waals surface area (Å²) in [7, 11) is -3.22. The lowest BCUT2D eigenvalue weighted by atomic mass is 9.66. The highest BCUT2D eigenvalue weighted by molar-refractivity contribution is 8.13. The van der Waals surface area contributed by atoms with Crippen molar-refractivity contribution in [2.24, 2.45) is 23.5 Å². The second-order valence-electron chi connectivity index (χ2n) is 13.6. The van der Waals surface area contributed by atoms with Crippen LogP contribution in [0.3, 0.4) is 0 Å². The molecule has 2 saturated carbocycles. The van der Waals surface area contributed by atoms with Gasteiger partial charge in [-0.1, -0.05) is 13.8 Å². The molecule has 4 aromatic heterocycles. The predicted molar refractivity (Wildman–Crippen MR) is 201 cm³/mol. The summed E-state index contributed by atoms with van der Waals surface area (Å²) >= 11 is 0. The van der Waals surface area contributed by atoms with E-state index >= 15 is 0 Å². The zero-order valence-electron chi connectivity index (χ0n) is 28.5. The van der Waals surface area contributed by atoms with E-state index in [4.69, 9.17) is 25.7 Å². The summed E-state index contributed by atoms with van der Waals surface area (Å²) in [5, 5.41) is 21.8. The van der Waals surface area contributed by atoms with Gasteiger partial charge in [0.25, 0.3) is 0 Å². The number of hydrogen-bond acceptors (Lipinski definition) is 11. The Labute approximate surface area is 302 Å². The molecule has 0 radical (unpaired) electrons. The van der Waals surface area contributed by atoms with Gasteiger partial charge in [-0.3, -0.25) is 0 Å². The first kappa shape index (κ1) is 37.4. The van der Waals surface area contributed by atoms with Gasteiger partial charge in [-0.2, -0.15) is 0 Å². The molecule has 0 unspecified atom stereocenters. The number of aromatic amines is 2. The van der Waals surface area contributed by atoms with Crippen LogP contribution in [0.5, 0.6) is 11.5 Å². The summed E-state index contributed by atoms with van der Waals surface area (Å²) in [6.45, 7) is 3.66. The number of fused-ring (bicyclic) bond motifs is 6. The van der Waals surface area contributed by atoms with E-state index in [1.54, 1.807) is 31.3 Å². The topological polar surface area (TPSA) is 211 Å². The third-order valence-corrected chi connectivity index (χ3v) is 12.9. The van der Waals surface area contributed by atoms with Crippen molar-refractivity contribution in [3.05, 3.63) is 60.0 Å². The highest BCUT2D eigenvalue weighted by Gasteiger charge is 2.39. The van der Waals surface area contributed by atoms with E-state index < -0.39 is 33.1 Å². The number of hydrogen-bond donors (Lipinski definition) is 5. The largest absolute Gasteiger partial charge is 0.552 e. The molecule has 272 valence electrons. The normalized spacial score (nSPS) is 22.4. The Morgan fingerprint density at radius 3 is 1.71 bits per heavy atom. The summed E-state index contributed by atoms with van der Waals surface area (Å²) in [5.74, 6) is 6.25. The zero-order valence-corrected chi connectivity index (χ0v) is 30.8. The van der Waals surface area contributed by atoms with Crippen molar-refractivity contribution < 1.29 is 36.2 Å². The second kappa shape index (κ2) is 15.3. The monoisotopic (exact) mass is 757 g/mol. The molecule has 2 fully saturated rings. The lowest BCUT2D eigenvalue weighted by Gasteiger charge is -2.38. The van der Waals surface area contributed by atoms with E-state index in [2.05, 4.69) is 19.9 Å². The van der Waals surface area contributed by atoms with Crippen molar-refractivity contribution >= 4 is 77.0 Å². The number of halogens is 1. The molecular weight excluding hydrogens is 716 g/mol. The molecule has 2 aliphatic heterocycles. The van der Waals surface area contributed by atoms with Crippen molar-refractivity contribution in [1.82, 2.24) is 19.9 Å². The number of nitrogens with one attached hydrogen (secondary N) is 2. The summed E-state index contributed by atoms with van der Waals surface area (Å²) in [6, 6.07) is 4.23. The summed E-state index contributed by atoms with van der Waals surface area (Å²) in [4.78, 5) is 14.8. The zero-order chi connectivity index (χ0) is 36.5. The second-order valence-corrected chi connectivity index (χ2v) is 18.7. The molecular formula is C33H42B2ClN5O8S2. The lowest BCUT2D eigenvalue weighted by Crippen LogP contribution is -2.38. The SMILES string of the molecule is CCCS(=O)(=O)CC1CC(C2=CB(O)Oc3cnc4[nH]ccc4c32)C1.CCCS(=O)(=O)Cl.NC1CC(C2=CB(O)Oc3cnc4[nH]ccc4c32)C1. The van der Waals surface area contributed by atoms with Crippen molar-refractivity contribution in [3.63, 3.8) is 0 Å². The first-order valence-corrected chi connectivity index (χ1v) is 21.5. The van der Waals surface area contributed by atoms with E-state index in [0.29, 0.717) is 30.3 Å². The van der Waals surface area contributed by atoms with Gasteiger partial charge >= 0.3 is 14.2 Å². The highest BCUT2D eigenvalue weighted by atomic mass is 35.7. The molecule has 2 aliphatic carbocycles. The van der Waals surface area contributed by atoms with Crippen LogP contribution in [0.15, 0.2) is 48.9 Å². The Morgan fingerprint density at radius 2 is 1.29 bits per heavy atom. The van der Waals surface area contributed by atoms with Gasteiger partial charge in [0.15, 0.2) is 9.84 Å². The van der Waals surface area contributed by atoms with Gasteiger partial charge < -0.3 is 35.1 Å². The molecule has 0 bridgehead atoms. The molecule has 0 spiro atoms.